The summed E-state index contributed by atoms with van der Waals surface area (Å²) in [6.07, 6.45) is 11.2. The first-order valence-electron chi connectivity index (χ1n) is 7.58. The quantitative estimate of drug-likeness (QED) is 0.890. The molecule has 0 atom stereocenters. The molecule has 1 aliphatic heterocycles. The molecule has 1 aliphatic carbocycles. The highest BCUT2D eigenvalue weighted by atomic mass is 15.1. The fourth-order valence-electron chi connectivity index (χ4n) is 2.65. The van der Waals surface area contributed by atoms with Crippen molar-refractivity contribution in [2.75, 3.05) is 6.54 Å². The molecule has 0 saturated heterocycles. The van der Waals surface area contributed by atoms with Gasteiger partial charge in [-0.05, 0) is 37.3 Å². The molecule has 0 spiro atoms. The number of pyridine rings is 1. The van der Waals surface area contributed by atoms with Gasteiger partial charge in [0.1, 0.15) is 0 Å². The molecule has 3 nitrogen and oxygen atoms in total. The van der Waals surface area contributed by atoms with Gasteiger partial charge in [0.05, 0.1) is 11.4 Å². The van der Waals surface area contributed by atoms with Crippen molar-refractivity contribution in [1.82, 2.24) is 9.88 Å². The van der Waals surface area contributed by atoms with E-state index in [0.717, 1.165) is 41.4 Å². The van der Waals surface area contributed by atoms with E-state index < -0.39 is 0 Å². The van der Waals surface area contributed by atoms with Gasteiger partial charge in [-0.2, -0.15) is 0 Å². The van der Waals surface area contributed by atoms with Crippen LogP contribution in [0.15, 0.2) is 49.0 Å². The van der Waals surface area contributed by atoms with Crippen LogP contribution in [0.25, 0.3) is 5.57 Å². The SMILES string of the molecule is C=C/C(=C1\C(=N)C=CN1CC1CC1)c1ccc(CC)nc1. The maximum atomic E-state index is 8.21. The second-order valence-electron chi connectivity index (χ2n) is 5.68. The fraction of sp³-hybridized carbons (Fsp3) is 0.333. The molecule has 1 aromatic rings. The first-order valence-corrected chi connectivity index (χ1v) is 7.58. The van der Waals surface area contributed by atoms with Crippen molar-refractivity contribution in [2.24, 2.45) is 5.92 Å². The third-order valence-corrected chi connectivity index (χ3v) is 4.07. The largest absolute Gasteiger partial charge is 0.345 e. The van der Waals surface area contributed by atoms with Gasteiger partial charge in [0.25, 0.3) is 0 Å². The summed E-state index contributed by atoms with van der Waals surface area (Å²) in [4.78, 5) is 6.67. The molecule has 0 bridgehead atoms. The van der Waals surface area contributed by atoms with Gasteiger partial charge in [-0.1, -0.05) is 25.6 Å². The van der Waals surface area contributed by atoms with Gasteiger partial charge in [-0.15, -0.1) is 0 Å². The molecule has 3 rings (SSSR count). The first-order chi connectivity index (χ1) is 10.2. The Morgan fingerprint density at radius 1 is 1.48 bits per heavy atom. The summed E-state index contributed by atoms with van der Waals surface area (Å²) in [7, 11) is 0. The molecule has 0 amide bonds. The van der Waals surface area contributed by atoms with Crippen molar-refractivity contribution in [3.05, 3.63) is 60.2 Å². The smallest absolute Gasteiger partial charge is 0.0797 e. The molecule has 21 heavy (non-hydrogen) atoms. The Morgan fingerprint density at radius 3 is 2.86 bits per heavy atom. The molecule has 3 heteroatoms. The molecule has 0 aromatic carbocycles. The number of hydrogen-bond donors (Lipinski definition) is 1. The van der Waals surface area contributed by atoms with Crippen molar-refractivity contribution in [2.45, 2.75) is 26.2 Å². The zero-order valence-corrected chi connectivity index (χ0v) is 12.5. The summed E-state index contributed by atoms with van der Waals surface area (Å²) < 4.78 is 0. The Hall–Kier alpha value is -2.16. The van der Waals surface area contributed by atoms with Crippen LogP contribution in [0.1, 0.15) is 31.0 Å². The number of aromatic nitrogens is 1. The summed E-state index contributed by atoms with van der Waals surface area (Å²) in [6, 6.07) is 4.13. The molecule has 1 saturated carbocycles. The lowest BCUT2D eigenvalue weighted by molar-refractivity contribution is 0.468. The van der Waals surface area contributed by atoms with E-state index in [9.17, 15) is 0 Å². The number of allylic oxidation sites excluding steroid dienone is 3. The van der Waals surface area contributed by atoms with Gasteiger partial charge in [0, 0.05) is 35.8 Å². The second kappa shape index (κ2) is 5.68. The van der Waals surface area contributed by atoms with E-state index >= 15 is 0 Å². The van der Waals surface area contributed by atoms with Crippen LogP contribution in [0.4, 0.5) is 0 Å². The molecular weight excluding hydrogens is 258 g/mol. The molecule has 1 aromatic heterocycles. The molecule has 2 heterocycles. The number of nitrogens with zero attached hydrogens (tertiary/aromatic N) is 2. The lowest BCUT2D eigenvalue weighted by Crippen LogP contribution is -2.20. The van der Waals surface area contributed by atoms with E-state index in [1.54, 1.807) is 0 Å². The van der Waals surface area contributed by atoms with Crippen LogP contribution in [0, 0.1) is 11.3 Å². The van der Waals surface area contributed by atoms with Crippen molar-refractivity contribution < 1.29 is 0 Å². The Labute approximate surface area is 126 Å². The normalized spacial score (nSPS) is 20.0. The van der Waals surface area contributed by atoms with Crippen LogP contribution < -0.4 is 0 Å². The summed E-state index contributed by atoms with van der Waals surface area (Å²) in [5, 5.41) is 8.21. The number of hydrogen-bond acceptors (Lipinski definition) is 3. The second-order valence-corrected chi connectivity index (χ2v) is 5.68. The van der Waals surface area contributed by atoms with Gasteiger partial charge >= 0.3 is 0 Å². The topological polar surface area (TPSA) is 40.0 Å². The van der Waals surface area contributed by atoms with E-state index in [1.807, 2.05) is 24.5 Å². The average Bonchev–Trinajstić information content (AvgIpc) is 3.26. The van der Waals surface area contributed by atoms with Crippen LogP contribution in [-0.4, -0.2) is 22.1 Å². The summed E-state index contributed by atoms with van der Waals surface area (Å²) >= 11 is 0. The molecule has 108 valence electrons. The van der Waals surface area contributed by atoms with Crippen molar-refractivity contribution >= 4 is 11.3 Å². The zero-order chi connectivity index (χ0) is 14.8. The van der Waals surface area contributed by atoms with Crippen molar-refractivity contribution in [3.63, 3.8) is 0 Å². The van der Waals surface area contributed by atoms with Gasteiger partial charge < -0.3 is 4.90 Å². The summed E-state index contributed by atoms with van der Waals surface area (Å²) in [5.74, 6) is 0.780. The molecule has 2 aliphatic rings. The Kier molecular flexibility index (Phi) is 3.74. The van der Waals surface area contributed by atoms with Crippen LogP contribution in [0.5, 0.6) is 0 Å². The van der Waals surface area contributed by atoms with Gasteiger partial charge in [-0.25, -0.2) is 0 Å². The van der Waals surface area contributed by atoms with Crippen LogP contribution in [0.2, 0.25) is 0 Å². The van der Waals surface area contributed by atoms with E-state index in [1.165, 1.54) is 12.8 Å². The standard InChI is InChI=1S/C18H21N3/c1-3-15-8-7-14(11-20-15)16(4-2)18-17(19)9-10-21(18)12-13-5-6-13/h4,7-11,13,19H,2-3,5-6,12H2,1H3/b18-16-,19-17?. The molecular formula is C18H21N3. The highest BCUT2D eigenvalue weighted by Crippen LogP contribution is 2.34. The van der Waals surface area contributed by atoms with Crippen LogP contribution >= 0.6 is 0 Å². The third-order valence-electron chi connectivity index (χ3n) is 4.07. The molecule has 1 fully saturated rings. The van der Waals surface area contributed by atoms with Gasteiger partial charge in [0.15, 0.2) is 0 Å². The van der Waals surface area contributed by atoms with Gasteiger partial charge in [-0.3, -0.25) is 10.4 Å². The highest BCUT2D eigenvalue weighted by Gasteiger charge is 2.28. The first kappa shape index (κ1) is 13.8. The van der Waals surface area contributed by atoms with Crippen molar-refractivity contribution in [1.29, 1.82) is 5.41 Å². The number of nitrogens with one attached hydrogen (secondary N) is 1. The van der Waals surface area contributed by atoms with E-state index in [4.69, 9.17) is 5.41 Å². The minimum atomic E-state index is 0.560. The summed E-state index contributed by atoms with van der Waals surface area (Å²) in [5.41, 5.74) is 4.64. The molecule has 0 radical (unpaired) electrons. The maximum absolute atomic E-state index is 8.21. The summed E-state index contributed by atoms with van der Waals surface area (Å²) in [6.45, 7) is 7.06. The van der Waals surface area contributed by atoms with E-state index in [-0.39, 0.29) is 0 Å². The lowest BCUT2D eigenvalue weighted by atomic mass is 10.0. The van der Waals surface area contributed by atoms with Crippen LogP contribution in [-0.2, 0) is 6.42 Å². The number of rotatable bonds is 5. The van der Waals surface area contributed by atoms with E-state index in [2.05, 4.69) is 35.5 Å². The molecule has 0 unspecified atom stereocenters. The lowest BCUT2D eigenvalue weighted by Gasteiger charge is -2.21. The predicted molar refractivity (Wildman–Crippen MR) is 87.0 cm³/mol. The predicted octanol–water partition coefficient (Wildman–Crippen LogP) is 3.80. The third kappa shape index (κ3) is 2.82. The minimum Gasteiger partial charge on any atom is -0.345 e. The van der Waals surface area contributed by atoms with E-state index in [0.29, 0.717) is 5.71 Å². The highest BCUT2D eigenvalue weighted by molar-refractivity contribution is 6.13. The minimum absolute atomic E-state index is 0.560. The number of aryl methyl sites for hydroxylation is 1. The molecule has 1 N–H and O–H groups in total. The van der Waals surface area contributed by atoms with Crippen molar-refractivity contribution in [3.8, 4) is 0 Å². The fourth-order valence-corrected chi connectivity index (χ4v) is 2.65. The maximum Gasteiger partial charge on any atom is 0.0797 e. The Morgan fingerprint density at radius 2 is 2.29 bits per heavy atom. The zero-order valence-electron chi connectivity index (χ0n) is 12.5. The Bertz CT molecular complexity index is 618. The van der Waals surface area contributed by atoms with Crippen LogP contribution in [0.3, 0.4) is 0 Å². The van der Waals surface area contributed by atoms with Gasteiger partial charge in [0.2, 0.25) is 0 Å². The average molecular weight is 279 g/mol. The monoisotopic (exact) mass is 279 g/mol. The Balaban J connectivity index is 1.97.